The van der Waals surface area contributed by atoms with Crippen LogP contribution in [0.3, 0.4) is 0 Å². The Hall–Kier alpha value is -3.05. The largest absolute Gasteiger partial charge is 0.508 e. The zero-order valence-corrected chi connectivity index (χ0v) is 14.9. The molecule has 2 unspecified atom stereocenters. The summed E-state index contributed by atoms with van der Waals surface area (Å²) in [6, 6.07) is 17.3. The van der Waals surface area contributed by atoms with Gasteiger partial charge in [0, 0.05) is 0 Å². The van der Waals surface area contributed by atoms with Crippen molar-refractivity contribution in [3.8, 4) is 29.7 Å². The first-order chi connectivity index (χ1) is 12.5. The smallest absolute Gasteiger partial charge is 0.140 e. The second-order valence-corrected chi connectivity index (χ2v) is 6.39. The van der Waals surface area contributed by atoms with E-state index in [4.69, 9.17) is 5.11 Å². The average molecular weight is 343 g/mol. The molecule has 2 aromatic rings. The number of carbonyl (C=O) groups excluding carboxylic acids is 1. The molecule has 0 amide bonds. The lowest BCUT2D eigenvalue weighted by Gasteiger charge is -2.10. The molecule has 2 nitrogen and oxygen atoms in total. The molecule has 2 atom stereocenters. The maximum atomic E-state index is 11.2. The molecular formula is C24H23O2. The third-order valence-electron chi connectivity index (χ3n) is 4.70. The summed E-state index contributed by atoms with van der Waals surface area (Å²) in [5.74, 6) is 1.06. The number of ketones is 1. The van der Waals surface area contributed by atoms with Crippen molar-refractivity contribution in [2.45, 2.75) is 13.3 Å². The molecule has 131 valence electrons. The zero-order valence-electron chi connectivity index (χ0n) is 14.9. The molecule has 0 bridgehead atoms. The predicted octanol–water partition coefficient (Wildman–Crippen LogP) is 5.22. The topological polar surface area (TPSA) is 37.3 Å². The summed E-state index contributed by atoms with van der Waals surface area (Å²) in [7, 11) is 0. The summed E-state index contributed by atoms with van der Waals surface area (Å²) in [4.78, 5) is 11.2. The van der Waals surface area contributed by atoms with E-state index in [9.17, 15) is 4.79 Å². The van der Waals surface area contributed by atoms with Gasteiger partial charge in [0.2, 0.25) is 0 Å². The molecule has 2 aromatic carbocycles. The molecule has 0 aromatic heterocycles. The van der Waals surface area contributed by atoms with E-state index in [2.05, 4.69) is 25.8 Å². The second kappa shape index (κ2) is 8.36. The maximum absolute atomic E-state index is 11.2. The van der Waals surface area contributed by atoms with Crippen LogP contribution in [0.15, 0.2) is 78.4 Å². The molecule has 26 heavy (non-hydrogen) atoms. The Morgan fingerprint density at radius 2 is 1.65 bits per heavy atom. The predicted molar refractivity (Wildman–Crippen MR) is 107 cm³/mol. The molecule has 1 N–H and O–H groups in total. The first-order valence-electron chi connectivity index (χ1n) is 8.43. The molecular weight excluding hydrogens is 320 g/mol. The van der Waals surface area contributed by atoms with E-state index in [1.807, 2.05) is 54.6 Å². The fraction of sp³-hybridized carbons (Fsp3) is 0.167. The van der Waals surface area contributed by atoms with Crippen molar-refractivity contribution in [3.63, 3.8) is 0 Å². The lowest BCUT2D eigenvalue weighted by molar-refractivity contribution is -0.120. The summed E-state index contributed by atoms with van der Waals surface area (Å²) in [6.45, 7) is 5.50. The maximum Gasteiger partial charge on any atom is 0.140 e. The van der Waals surface area contributed by atoms with Crippen LogP contribution in [0.25, 0.3) is 11.1 Å². The van der Waals surface area contributed by atoms with Gasteiger partial charge in [0.05, 0.1) is 5.41 Å². The summed E-state index contributed by atoms with van der Waals surface area (Å²) in [5.41, 5.74) is 3.23. The molecule has 2 aliphatic carbocycles. The Morgan fingerprint density at radius 3 is 2.19 bits per heavy atom. The number of hydrogen-bond donors (Lipinski definition) is 1. The fourth-order valence-corrected chi connectivity index (χ4v) is 3.08. The van der Waals surface area contributed by atoms with Crippen LogP contribution in [0.1, 0.15) is 13.3 Å². The minimum absolute atomic E-state index is 0.110. The number of terminal acetylenes is 1. The molecule has 1 radical (unpaired) electrons. The van der Waals surface area contributed by atoms with Crippen LogP contribution in [0.2, 0.25) is 0 Å². The molecule has 0 aliphatic heterocycles. The SMILES string of the molecule is C#C.Oc1ccc(-c2ccccc2)cc1.[CH2]C1=CC2CC2(C(C)=O)C=C1. The zero-order chi connectivity index (χ0) is 19.2. The van der Waals surface area contributed by atoms with Crippen molar-refractivity contribution < 1.29 is 9.90 Å². The van der Waals surface area contributed by atoms with E-state index < -0.39 is 0 Å². The van der Waals surface area contributed by atoms with Gasteiger partial charge in [-0.05, 0) is 49.4 Å². The van der Waals surface area contributed by atoms with Crippen molar-refractivity contribution in [2.24, 2.45) is 11.3 Å². The number of aromatic hydroxyl groups is 1. The third kappa shape index (κ3) is 4.32. The molecule has 0 spiro atoms. The number of rotatable bonds is 2. The molecule has 1 fully saturated rings. The van der Waals surface area contributed by atoms with Gasteiger partial charge in [-0.3, -0.25) is 4.79 Å². The minimum atomic E-state index is -0.110. The highest BCUT2D eigenvalue weighted by atomic mass is 16.3. The first kappa shape index (κ1) is 19.3. The van der Waals surface area contributed by atoms with E-state index in [1.54, 1.807) is 19.1 Å². The van der Waals surface area contributed by atoms with Crippen LogP contribution in [-0.2, 0) is 4.79 Å². The van der Waals surface area contributed by atoms with E-state index in [0.29, 0.717) is 17.5 Å². The van der Waals surface area contributed by atoms with E-state index in [1.165, 1.54) is 5.56 Å². The Kier molecular flexibility index (Phi) is 6.20. The Labute approximate surface area is 155 Å². The van der Waals surface area contributed by atoms with E-state index >= 15 is 0 Å². The minimum Gasteiger partial charge on any atom is -0.508 e. The number of fused-ring (bicyclic) bond motifs is 1. The molecule has 1 saturated carbocycles. The standard InChI is InChI=1S/C12H10O.C10H11O.C2H2/c13-12-8-6-11(7-9-12)10-4-2-1-3-5-10;1-7-3-4-10(8(2)11)6-9(10)5-7;1-2/h1-9,13H;3-5,9H,1,6H2,2H3;1-2H. The van der Waals surface area contributed by atoms with Gasteiger partial charge < -0.3 is 5.11 Å². The van der Waals surface area contributed by atoms with Gasteiger partial charge in [0.1, 0.15) is 11.5 Å². The van der Waals surface area contributed by atoms with Crippen molar-refractivity contribution in [1.82, 2.24) is 0 Å². The number of carbonyl (C=O) groups is 1. The van der Waals surface area contributed by atoms with Gasteiger partial charge in [-0.15, -0.1) is 12.8 Å². The van der Waals surface area contributed by atoms with Gasteiger partial charge >= 0.3 is 0 Å². The third-order valence-corrected chi connectivity index (χ3v) is 4.70. The fourth-order valence-electron chi connectivity index (χ4n) is 3.08. The number of allylic oxidation sites excluding steroid dienone is 4. The number of phenols is 1. The van der Waals surface area contributed by atoms with Gasteiger partial charge in [-0.25, -0.2) is 0 Å². The highest BCUT2D eigenvalue weighted by Crippen LogP contribution is 2.57. The van der Waals surface area contributed by atoms with Crippen LogP contribution in [0, 0.1) is 31.1 Å². The average Bonchev–Trinajstić information content (AvgIpc) is 3.40. The summed E-state index contributed by atoms with van der Waals surface area (Å²) >= 11 is 0. The van der Waals surface area contributed by atoms with Crippen LogP contribution < -0.4 is 0 Å². The lowest BCUT2D eigenvalue weighted by atomic mass is 9.93. The Bertz CT molecular complexity index is 826. The van der Waals surface area contributed by atoms with Crippen molar-refractivity contribution in [1.29, 1.82) is 0 Å². The van der Waals surface area contributed by atoms with Crippen molar-refractivity contribution in [3.05, 3.63) is 85.3 Å². The van der Waals surface area contributed by atoms with Gasteiger partial charge in [-0.1, -0.05) is 66.3 Å². The number of hydrogen-bond acceptors (Lipinski definition) is 2. The van der Waals surface area contributed by atoms with E-state index in [0.717, 1.165) is 17.6 Å². The monoisotopic (exact) mass is 343 g/mol. The van der Waals surface area contributed by atoms with Crippen LogP contribution in [0.4, 0.5) is 0 Å². The van der Waals surface area contributed by atoms with E-state index in [-0.39, 0.29) is 5.41 Å². The van der Waals surface area contributed by atoms with Gasteiger partial charge in [0.15, 0.2) is 0 Å². The Balaban J connectivity index is 0.000000173. The van der Waals surface area contributed by atoms with Crippen LogP contribution in [0.5, 0.6) is 5.75 Å². The lowest BCUT2D eigenvalue weighted by Crippen LogP contribution is -2.12. The first-order valence-corrected chi connectivity index (χ1v) is 8.43. The molecule has 0 heterocycles. The Morgan fingerprint density at radius 1 is 1.08 bits per heavy atom. The van der Waals surface area contributed by atoms with Gasteiger partial charge in [0.25, 0.3) is 0 Å². The summed E-state index contributed by atoms with van der Waals surface area (Å²) in [6.07, 6.45) is 15.1. The molecule has 4 rings (SSSR count). The highest BCUT2D eigenvalue weighted by molar-refractivity contribution is 5.89. The van der Waals surface area contributed by atoms with Crippen LogP contribution >= 0.6 is 0 Å². The van der Waals surface area contributed by atoms with Crippen molar-refractivity contribution in [2.75, 3.05) is 0 Å². The highest BCUT2D eigenvalue weighted by Gasteiger charge is 2.55. The molecule has 2 heteroatoms. The van der Waals surface area contributed by atoms with Crippen LogP contribution in [-0.4, -0.2) is 10.9 Å². The number of phenolic OH excluding ortho intramolecular Hbond substituents is 1. The van der Waals surface area contributed by atoms with Crippen molar-refractivity contribution >= 4 is 5.78 Å². The molecule has 0 saturated heterocycles. The molecule has 2 aliphatic rings. The van der Waals surface area contributed by atoms with Gasteiger partial charge in [-0.2, -0.15) is 0 Å². The normalized spacial score (nSPS) is 21.7. The number of Topliss-reactive ketones (excluding diaryl/α,β-unsaturated/α-hetero) is 1. The quantitative estimate of drug-likeness (QED) is 0.759. The summed E-state index contributed by atoms with van der Waals surface area (Å²) in [5, 5.41) is 9.10. The number of benzene rings is 2. The summed E-state index contributed by atoms with van der Waals surface area (Å²) < 4.78 is 0. The second-order valence-electron chi connectivity index (χ2n) is 6.39.